The summed E-state index contributed by atoms with van der Waals surface area (Å²) in [6.07, 6.45) is 0. The molecule has 12 heteroatoms. The van der Waals surface area contributed by atoms with Gasteiger partial charge in [0.05, 0.1) is 19.9 Å². The molecule has 0 fully saturated rings. The number of ether oxygens (including phenoxy) is 2. The summed E-state index contributed by atoms with van der Waals surface area (Å²) in [4.78, 5) is -2.06. The van der Waals surface area contributed by atoms with E-state index in [9.17, 15) is 35.5 Å². The van der Waals surface area contributed by atoms with Crippen molar-refractivity contribution in [2.75, 3.05) is 18.9 Å². The lowest BCUT2D eigenvalue weighted by Gasteiger charge is -2.14. The lowest BCUT2D eigenvalue weighted by Crippen LogP contribution is -2.19. The molecule has 142 valence electrons. The lowest BCUT2D eigenvalue weighted by atomic mass is 10.2. The average molecular weight is 399 g/mol. The number of benzene rings is 2. The third kappa shape index (κ3) is 3.19. The number of rotatable bonds is 5. The highest BCUT2D eigenvalue weighted by atomic mass is 32.2. The number of phenols is 1. The highest BCUT2D eigenvalue weighted by molar-refractivity contribution is 7.92. The smallest absolute Gasteiger partial charge is 0.267 e. The van der Waals surface area contributed by atoms with Gasteiger partial charge >= 0.3 is 0 Å². The van der Waals surface area contributed by atoms with E-state index in [0.29, 0.717) is 0 Å². The summed E-state index contributed by atoms with van der Waals surface area (Å²) >= 11 is 0. The summed E-state index contributed by atoms with van der Waals surface area (Å²) in [5.41, 5.74) is -0.430. The van der Waals surface area contributed by atoms with Crippen molar-refractivity contribution in [1.82, 2.24) is 0 Å². The number of sulfonamides is 1. The van der Waals surface area contributed by atoms with Crippen molar-refractivity contribution in [3.8, 4) is 17.2 Å². The molecule has 0 aliphatic carbocycles. The molecule has 0 aromatic heterocycles. The molecule has 0 amide bonds. The maximum absolute atomic E-state index is 13.7. The predicted octanol–water partition coefficient (Wildman–Crippen LogP) is 2.91. The summed E-state index contributed by atoms with van der Waals surface area (Å²) in [6.45, 7) is 0. The van der Waals surface area contributed by atoms with Crippen molar-refractivity contribution < 1.29 is 45.0 Å². The minimum atomic E-state index is -5.24. The van der Waals surface area contributed by atoms with E-state index in [4.69, 9.17) is 9.47 Å². The maximum Gasteiger partial charge on any atom is 0.267 e. The lowest BCUT2D eigenvalue weighted by molar-refractivity contribution is 0.340. The summed E-state index contributed by atoms with van der Waals surface area (Å²) in [7, 11) is -2.99. The number of hydrogen-bond donors (Lipinski definition) is 2. The van der Waals surface area contributed by atoms with Crippen LogP contribution in [0.25, 0.3) is 0 Å². The van der Waals surface area contributed by atoms with Crippen LogP contribution in [0.3, 0.4) is 0 Å². The second-order valence-electron chi connectivity index (χ2n) is 4.73. The van der Waals surface area contributed by atoms with Crippen molar-refractivity contribution in [1.29, 1.82) is 0 Å². The van der Waals surface area contributed by atoms with Crippen molar-refractivity contribution in [3.63, 3.8) is 0 Å². The van der Waals surface area contributed by atoms with Gasteiger partial charge in [-0.2, -0.15) is 0 Å². The molecule has 2 aromatic rings. The Balaban J connectivity index is 2.62. The maximum atomic E-state index is 13.7. The molecular weight excluding hydrogens is 389 g/mol. The second-order valence-corrected chi connectivity index (χ2v) is 6.35. The minimum Gasteiger partial charge on any atom is -0.502 e. The van der Waals surface area contributed by atoms with Gasteiger partial charge in [-0.25, -0.2) is 30.4 Å². The van der Waals surface area contributed by atoms with E-state index in [1.807, 2.05) is 0 Å². The van der Waals surface area contributed by atoms with Gasteiger partial charge in [-0.1, -0.05) is 0 Å². The monoisotopic (exact) mass is 399 g/mol. The van der Waals surface area contributed by atoms with E-state index in [0.717, 1.165) is 26.4 Å². The molecule has 0 aliphatic rings. The SMILES string of the molecule is COc1cc(NS(=O)(=O)c2c(F)c(F)c(F)c(F)c2F)cc(OC)c1O. The number of nitrogens with one attached hydrogen (secondary N) is 1. The molecule has 6 nitrogen and oxygen atoms in total. The van der Waals surface area contributed by atoms with Crippen LogP contribution in [0.15, 0.2) is 17.0 Å². The number of methoxy groups -OCH3 is 2. The topological polar surface area (TPSA) is 84.9 Å². The van der Waals surface area contributed by atoms with Gasteiger partial charge in [0.25, 0.3) is 10.0 Å². The van der Waals surface area contributed by atoms with Crippen LogP contribution in [-0.4, -0.2) is 27.7 Å². The quantitative estimate of drug-likeness (QED) is 0.350. The Labute approximate surface area is 143 Å². The van der Waals surface area contributed by atoms with E-state index >= 15 is 0 Å². The van der Waals surface area contributed by atoms with Crippen LogP contribution >= 0.6 is 0 Å². The van der Waals surface area contributed by atoms with Gasteiger partial charge in [0.2, 0.25) is 11.6 Å². The first-order valence-corrected chi connectivity index (χ1v) is 8.02. The van der Waals surface area contributed by atoms with Crippen LogP contribution in [0.2, 0.25) is 0 Å². The predicted molar refractivity (Wildman–Crippen MR) is 78.3 cm³/mol. The molecule has 0 heterocycles. The fourth-order valence-corrected chi connectivity index (χ4v) is 3.16. The Hall–Kier alpha value is -2.76. The number of anilines is 1. The van der Waals surface area contributed by atoms with Gasteiger partial charge in [-0.15, -0.1) is 0 Å². The van der Waals surface area contributed by atoms with Gasteiger partial charge in [0.1, 0.15) is 0 Å². The van der Waals surface area contributed by atoms with Crippen molar-refractivity contribution in [2.24, 2.45) is 0 Å². The Kier molecular flexibility index (Phi) is 5.16. The normalized spacial score (nSPS) is 11.3. The van der Waals surface area contributed by atoms with Crippen LogP contribution in [0, 0.1) is 29.1 Å². The van der Waals surface area contributed by atoms with Gasteiger partial charge in [-0.05, 0) is 0 Å². The Morgan fingerprint density at radius 2 is 1.23 bits per heavy atom. The van der Waals surface area contributed by atoms with Gasteiger partial charge in [0, 0.05) is 12.1 Å². The minimum absolute atomic E-state index is 0.278. The fourth-order valence-electron chi connectivity index (χ4n) is 1.98. The van der Waals surface area contributed by atoms with Crippen molar-refractivity contribution in [2.45, 2.75) is 4.90 Å². The van der Waals surface area contributed by atoms with E-state index in [1.165, 1.54) is 0 Å². The van der Waals surface area contributed by atoms with Crippen molar-refractivity contribution >= 4 is 15.7 Å². The molecule has 0 atom stereocenters. The highest BCUT2D eigenvalue weighted by Gasteiger charge is 2.34. The van der Waals surface area contributed by atoms with Crippen LogP contribution in [0.1, 0.15) is 0 Å². The first-order chi connectivity index (χ1) is 12.0. The number of phenolic OH excluding ortho intramolecular Hbond substituents is 1. The van der Waals surface area contributed by atoms with Gasteiger partial charge < -0.3 is 14.6 Å². The summed E-state index contributed by atoms with van der Waals surface area (Å²) in [5.74, 6) is -13.4. The molecule has 2 N–H and O–H groups in total. The molecule has 0 radical (unpaired) electrons. The summed E-state index contributed by atoms with van der Waals surface area (Å²) in [6, 6.07) is 1.81. The number of hydrogen-bond acceptors (Lipinski definition) is 5. The van der Waals surface area contributed by atoms with Crippen LogP contribution in [0.5, 0.6) is 17.2 Å². The molecule has 0 saturated carbocycles. The average Bonchev–Trinajstić information content (AvgIpc) is 2.59. The van der Waals surface area contributed by atoms with E-state index in [2.05, 4.69) is 0 Å². The molecule has 0 unspecified atom stereocenters. The van der Waals surface area contributed by atoms with Gasteiger partial charge in [-0.3, -0.25) is 4.72 Å². The summed E-state index contributed by atoms with van der Waals surface area (Å²) in [5, 5.41) is 9.73. The number of aromatic hydroxyl groups is 1. The first kappa shape index (κ1) is 19.6. The third-order valence-electron chi connectivity index (χ3n) is 3.17. The first-order valence-electron chi connectivity index (χ1n) is 6.54. The molecule has 0 bridgehead atoms. The largest absolute Gasteiger partial charge is 0.502 e. The van der Waals surface area contributed by atoms with Crippen LogP contribution in [-0.2, 0) is 10.0 Å². The molecule has 2 rings (SSSR count). The second kappa shape index (κ2) is 6.86. The Morgan fingerprint density at radius 1 is 0.846 bits per heavy atom. The van der Waals surface area contributed by atoms with Crippen LogP contribution in [0.4, 0.5) is 27.6 Å². The molecule has 0 aliphatic heterocycles. The molecule has 0 spiro atoms. The number of halogens is 5. The fraction of sp³-hybridized carbons (Fsp3) is 0.143. The molecule has 26 heavy (non-hydrogen) atoms. The van der Waals surface area contributed by atoms with E-state index in [-0.39, 0.29) is 11.5 Å². The van der Waals surface area contributed by atoms with Gasteiger partial charge in [0.15, 0.2) is 39.7 Å². The third-order valence-corrected chi connectivity index (χ3v) is 4.57. The van der Waals surface area contributed by atoms with E-state index in [1.54, 1.807) is 4.72 Å². The molecule has 2 aromatic carbocycles. The summed E-state index contributed by atoms with van der Waals surface area (Å²) < 4.78 is 102. The zero-order chi connectivity index (χ0) is 19.8. The zero-order valence-electron chi connectivity index (χ0n) is 13.0. The highest BCUT2D eigenvalue weighted by Crippen LogP contribution is 2.39. The molecular formula is C14H10F5NO5S. The molecule has 0 saturated heterocycles. The standard InChI is InChI=1S/C14H10F5NO5S/c1-24-6-3-5(4-7(25-2)13(6)21)20-26(22,23)14-11(18)9(16)8(15)10(17)12(14)19/h3-4,20-21H,1-2H3. The van der Waals surface area contributed by atoms with Crippen LogP contribution < -0.4 is 14.2 Å². The van der Waals surface area contributed by atoms with E-state index < -0.39 is 55.4 Å². The Bertz CT molecular complexity index is 926. The zero-order valence-corrected chi connectivity index (χ0v) is 13.8. The Morgan fingerprint density at radius 3 is 1.62 bits per heavy atom. The van der Waals surface area contributed by atoms with Crippen molar-refractivity contribution in [3.05, 3.63) is 41.2 Å².